The predicted molar refractivity (Wildman–Crippen MR) is 55.6 cm³/mol. The van der Waals surface area contributed by atoms with E-state index in [0.29, 0.717) is 5.52 Å². The highest BCUT2D eigenvalue weighted by atomic mass is 16.7. The van der Waals surface area contributed by atoms with E-state index in [1.165, 1.54) is 7.11 Å². The largest absolute Gasteiger partial charge is 0.477 e. The van der Waals surface area contributed by atoms with Gasteiger partial charge in [-0.1, -0.05) is 0 Å². The Morgan fingerprint density at radius 1 is 1.56 bits per heavy atom. The van der Waals surface area contributed by atoms with Gasteiger partial charge in [0.05, 0.1) is 0 Å². The van der Waals surface area contributed by atoms with Gasteiger partial charge in [-0.3, -0.25) is 5.10 Å². The number of carboxylic acids is 1. The minimum absolute atomic E-state index is 0.00376. The molecule has 1 aromatic heterocycles. The summed E-state index contributed by atoms with van der Waals surface area (Å²) in [4.78, 5) is 11.1. The number of ether oxygens (including phenoxy) is 2. The van der Waals surface area contributed by atoms with E-state index in [2.05, 4.69) is 10.2 Å². The number of carbonyl (C=O) groups is 1. The lowest BCUT2D eigenvalue weighted by Crippen LogP contribution is -2.06. The van der Waals surface area contributed by atoms with Gasteiger partial charge in [0.15, 0.2) is 6.79 Å². The lowest BCUT2D eigenvalue weighted by molar-refractivity contribution is 0.0485. The fourth-order valence-electron chi connectivity index (χ4n) is 1.44. The zero-order valence-electron chi connectivity index (χ0n) is 8.56. The molecule has 1 aromatic carbocycles. The van der Waals surface area contributed by atoms with Gasteiger partial charge < -0.3 is 14.6 Å². The third-order valence-corrected chi connectivity index (χ3v) is 2.11. The topological polar surface area (TPSA) is 84.4 Å². The quantitative estimate of drug-likeness (QED) is 0.760. The van der Waals surface area contributed by atoms with Gasteiger partial charge in [0, 0.05) is 18.7 Å². The van der Waals surface area contributed by atoms with Crippen LogP contribution >= 0.6 is 0 Å². The first kappa shape index (κ1) is 10.4. The standard InChI is InChI=1S/C10H10N2O4/c1-15-5-16-7-3-2-6-4-11-12-9(6)8(7)10(13)14/h2-4H,5H2,1H3,(H,11,12)(H,13,14). The molecule has 0 aliphatic rings. The SMILES string of the molecule is COCOc1ccc2c[nH]nc2c1C(=O)O. The van der Waals surface area contributed by atoms with E-state index in [1.807, 2.05) is 0 Å². The van der Waals surface area contributed by atoms with Crippen molar-refractivity contribution >= 4 is 16.9 Å². The van der Waals surface area contributed by atoms with Crippen LogP contribution in [0.2, 0.25) is 0 Å². The van der Waals surface area contributed by atoms with E-state index >= 15 is 0 Å². The summed E-state index contributed by atoms with van der Waals surface area (Å²) in [6.45, 7) is -0.00376. The molecule has 0 amide bonds. The van der Waals surface area contributed by atoms with Gasteiger partial charge in [0.1, 0.15) is 16.8 Å². The molecular formula is C10H10N2O4. The van der Waals surface area contributed by atoms with E-state index in [1.54, 1.807) is 18.3 Å². The molecule has 1 heterocycles. The van der Waals surface area contributed by atoms with Crippen molar-refractivity contribution in [3.63, 3.8) is 0 Å². The number of carboxylic acid groups (broad SMARTS) is 1. The Balaban J connectivity index is 2.54. The molecule has 6 nitrogen and oxygen atoms in total. The molecule has 6 heteroatoms. The first-order valence-electron chi connectivity index (χ1n) is 4.55. The van der Waals surface area contributed by atoms with E-state index in [0.717, 1.165) is 5.39 Å². The molecule has 0 radical (unpaired) electrons. The molecule has 84 valence electrons. The maximum absolute atomic E-state index is 11.1. The van der Waals surface area contributed by atoms with Gasteiger partial charge >= 0.3 is 5.97 Å². The molecule has 0 saturated heterocycles. The second-order valence-electron chi connectivity index (χ2n) is 3.12. The molecule has 2 N–H and O–H groups in total. The van der Waals surface area contributed by atoms with Crippen molar-refractivity contribution in [1.82, 2.24) is 10.2 Å². The van der Waals surface area contributed by atoms with Crippen LogP contribution in [0.4, 0.5) is 0 Å². The van der Waals surface area contributed by atoms with Crippen molar-refractivity contribution < 1.29 is 19.4 Å². The number of aromatic nitrogens is 2. The van der Waals surface area contributed by atoms with Crippen LogP contribution in [-0.4, -0.2) is 35.2 Å². The lowest BCUT2D eigenvalue weighted by Gasteiger charge is -2.07. The van der Waals surface area contributed by atoms with Crippen molar-refractivity contribution in [1.29, 1.82) is 0 Å². The van der Waals surface area contributed by atoms with Crippen LogP contribution in [0, 0.1) is 0 Å². The average molecular weight is 222 g/mol. The molecule has 0 spiro atoms. The summed E-state index contributed by atoms with van der Waals surface area (Å²) < 4.78 is 9.90. The second-order valence-corrected chi connectivity index (χ2v) is 3.12. The van der Waals surface area contributed by atoms with Gasteiger partial charge in [-0.05, 0) is 12.1 Å². The fourth-order valence-corrected chi connectivity index (χ4v) is 1.44. The number of fused-ring (bicyclic) bond motifs is 1. The minimum atomic E-state index is -1.08. The molecule has 2 rings (SSSR count). The zero-order valence-corrected chi connectivity index (χ0v) is 8.56. The first-order chi connectivity index (χ1) is 7.74. The van der Waals surface area contributed by atoms with Gasteiger partial charge in [-0.2, -0.15) is 5.10 Å². The van der Waals surface area contributed by atoms with Crippen molar-refractivity contribution in [3.05, 3.63) is 23.9 Å². The maximum atomic E-state index is 11.1. The van der Waals surface area contributed by atoms with Crippen molar-refractivity contribution in [3.8, 4) is 5.75 Å². The Morgan fingerprint density at radius 2 is 2.38 bits per heavy atom. The highest BCUT2D eigenvalue weighted by molar-refractivity contribution is 6.04. The smallest absolute Gasteiger partial charge is 0.341 e. The molecule has 0 bridgehead atoms. The number of nitrogens with zero attached hydrogens (tertiary/aromatic N) is 1. The Bertz CT molecular complexity index is 521. The maximum Gasteiger partial charge on any atom is 0.341 e. The number of methoxy groups -OCH3 is 1. The van der Waals surface area contributed by atoms with E-state index in [-0.39, 0.29) is 18.1 Å². The van der Waals surface area contributed by atoms with Crippen LogP contribution in [0.3, 0.4) is 0 Å². The average Bonchev–Trinajstić information content (AvgIpc) is 2.72. The zero-order chi connectivity index (χ0) is 11.5. The van der Waals surface area contributed by atoms with Crippen molar-refractivity contribution in [2.24, 2.45) is 0 Å². The molecule has 0 atom stereocenters. The third kappa shape index (κ3) is 1.70. The predicted octanol–water partition coefficient (Wildman–Crippen LogP) is 1.24. The third-order valence-electron chi connectivity index (χ3n) is 2.11. The number of rotatable bonds is 4. The molecule has 2 aromatic rings. The molecule has 0 fully saturated rings. The normalized spacial score (nSPS) is 10.6. The Labute approximate surface area is 90.8 Å². The van der Waals surface area contributed by atoms with Crippen LogP contribution in [0.25, 0.3) is 10.9 Å². The van der Waals surface area contributed by atoms with Gasteiger partial charge in [-0.25, -0.2) is 4.79 Å². The van der Waals surface area contributed by atoms with Crippen molar-refractivity contribution in [2.45, 2.75) is 0 Å². The van der Waals surface area contributed by atoms with E-state index in [4.69, 9.17) is 14.6 Å². The minimum Gasteiger partial charge on any atom is -0.477 e. The molecule has 0 aliphatic heterocycles. The monoisotopic (exact) mass is 222 g/mol. The highest BCUT2D eigenvalue weighted by Gasteiger charge is 2.17. The summed E-state index contributed by atoms with van der Waals surface area (Å²) in [6, 6.07) is 3.32. The van der Waals surface area contributed by atoms with E-state index in [9.17, 15) is 4.79 Å². The summed E-state index contributed by atoms with van der Waals surface area (Å²) in [6.07, 6.45) is 1.63. The Kier molecular flexibility index (Phi) is 2.74. The molecule has 0 saturated carbocycles. The van der Waals surface area contributed by atoms with Crippen LogP contribution < -0.4 is 4.74 Å². The molecule has 0 aliphatic carbocycles. The Hall–Kier alpha value is -2.08. The van der Waals surface area contributed by atoms with Crippen LogP contribution in [-0.2, 0) is 4.74 Å². The summed E-state index contributed by atoms with van der Waals surface area (Å²) in [5, 5.41) is 16.3. The molecule has 0 unspecified atom stereocenters. The second kappa shape index (κ2) is 4.19. The summed E-state index contributed by atoms with van der Waals surface area (Å²) >= 11 is 0. The Morgan fingerprint density at radius 3 is 3.06 bits per heavy atom. The van der Waals surface area contributed by atoms with Gasteiger partial charge in [0.2, 0.25) is 0 Å². The number of hydrogen-bond acceptors (Lipinski definition) is 4. The van der Waals surface area contributed by atoms with Crippen LogP contribution in [0.15, 0.2) is 18.3 Å². The van der Waals surface area contributed by atoms with Crippen molar-refractivity contribution in [2.75, 3.05) is 13.9 Å². The number of nitrogens with one attached hydrogen (secondary N) is 1. The number of aromatic amines is 1. The van der Waals surface area contributed by atoms with Crippen LogP contribution in [0.1, 0.15) is 10.4 Å². The molecule has 16 heavy (non-hydrogen) atoms. The number of benzene rings is 1. The number of H-pyrrole nitrogens is 1. The number of hydrogen-bond donors (Lipinski definition) is 2. The summed E-state index contributed by atoms with van der Waals surface area (Å²) in [5.41, 5.74) is 0.414. The summed E-state index contributed by atoms with van der Waals surface area (Å²) in [7, 11) is 1.47. The van der Waals surface area contributed by atoms with Gasteiger partial charge in [-0.15, -0.1) is 0 Å². The van der Waals surface area contributed by atoms with Gasteiger partial charge in [0.25, 0.3) is 0 Å². The fraction of sp³-hybridized carbons (Fsp3) is 0.200. The summed E-state index contributed by atoms with van der Waals surface area (Å²) in [5.74, 6) is -0.835. The van der Waals surface area contributed by atoms with E-state index < -0.39 is 5.97 Å². The highest BCUT2D eigenvalue weighted by Crippen LogP contribution is 2.26. The van der Waals surface area contributed by atoms with Crippen LogP contribution in [0.5, 0.6) is 5.75 Å². The molecular weight excluding hydrogens is 212 g/mol. The number of aromatic carboxylic acids is 1. The first-order valence-corrected chi connectivity index (χ1v) is 4.55. The lowest BCUT2D eigenvalue weighted by atomic mass is 10.1.